The minimum Gasteiger partial charge on any atom is -0.339 e. The molecule has 0 atom stereocenters. The van der Waals surface area contributed by atoms with Crippen LogP contribution in [0.1, 0.15) is 42.5 Å². The Morgan fingerprint density at radius 1 is 0.944 bits per heavy atom. The summed E-state index contributed by atoms with van der Waals surface area (Å²) in [4.78, 5) is 14.3. The molecule has 1 aromatic carbocycles. The third kappa shape index (κ3) is 2.29. The molecule has 1 aromatic rings. The molecule has 2 fully saturated rings. The second kappa shape index (κ2) is 5.13. The largest absolute Gasteiger partial charge is 0.339 e. The van der Waals surface area contributed by atoms with Crippen molar-refractivity contribution in [1.82, 2.24) is 4.90 Å². The van der Waals surface area contributed by atoms with Gasteiger partial charge in [0.1, 0.15) is 0 Å². The average Bonchev–Trinajstić information content (AvgIpc) is 2.38. The van der Waals surface area contributed by atoms with E-state index in [1.54, 1.807) is 0 Å². The minimum atomic E-state index is 0.211. The van der Waals surface area contributed by atoms with E-state index >= 15 is 0 Å². The summed E-state index contributed by atoms with van der Waals surface area (Å²) in [6.45, 7) is 1.91. The van der Waals surface area contributed by atoms with Crippen molar-refractivity contribution < 1.29 is 4.79 Å². The summed E-state index contributed by atoms with van der Waals surface area (Å²) in [5.74, 6) is 2.07. The quantitative estimate of drug-likeness (QED) is 0.780. The van der Waals surface area contributed by atoms with Gasteiger partial charge in [0.15, 0.2) is 0 Å². The summed E-state index contributed by atoms with van der Waals surface area (Å²) in [6, 6.07) is 9.67. The van der Waals surface area contributed by atoms with E-state index in [1.807, 2.05) is 35.2 Å². The van der Waals surface area contributed by atoms with Crippen LogP contribution >= 0.6 is 0 Å². The molecule has 0 radical (unpaired) electrons. The number of amides is 1. The lowest BCUT2D eigenvalue weighted by molar-refractivity contribution is 0.0609. The molecule has 1 saturated heterocycles. The van der Waals surface area contributed by atoms with Gasteiger partial charge in [-0.05, 0) is 36.8 Å². The Morgan fingerprint density at radius 2 is 1.56 bits per heavy atom. The van der Waals surface area contributed by atoms with Gasteiger partial charge in [-0.15, -0.1) is 0 Å². The zero-order valence-corrected chi connectivity index (χ0v) is 10.8. The fraction of sp³-hybridized carbons (Fsp3) is 0.562. The highest BCUT2D eigenvalue weighted by molar-refractivity contribution is 5.94. The molecule has 1 heterocycles. The van der Waals surface area contributed by atoms with Crippen molar-refractivity contribution in [3.8, 4) is 0 Å². The number of likely N-dealkylation sites (tertiary alicyclic amines) is 1. The van der Waals surface area contributed by atoms with Crippen LogP contribution in [-0.4, -0.2) is 23.9 Å². The fourth-order valence-corrected chi connectivity index (χ4v) is 3.25. The molecule has 1 saturated carbocycles. The molecule has 96 valence electrons. The lowest BCUT2D eigenvalue weighted by atomic mass is 9.72. The highest BCUT2D eigenvalue weighted by atomic mass is 16.2. The molecular weight excluding hydrogens is 222 g/mol. The Hall–Kier alpha value is -1.31. The Labute approximate surface area is 109 Å². The fourth-order valence-electron chi connectivity index (χ4n) is 3.25. The van der Waals surface area contributed by atoms with Gasteiger partial charge >= 0.3 is 0 Å². The molecule has 0 aromatic heterocycles. The predicted octanol–water partition coefficient (Wildman–Crippen LogP) is 3.34. The van der Waals surface area contributed by atoms with E-state index in [9.17, 15) is 4.79 Å². The normalized spacial score (nSPS) is 21.7. The summed E-state index contributed by atoms with van der Waals surface area (Å²) >= 11 is 0. The van der Waals surface area contributed by atoms with Crippen molar-refractivity contribution in [3.05, 3.63) is 35.9 Å². The van der Waals surface area contributed by atoms with Crippen molar-refractivity contribution >= 4 is 5.91 Å². The molecule has 2 nitrogen and oxygen atoms in total. The van der Waals surface area contributed by atoms with Gasteiger partial charge in [0.2, 0.25) is 0 Å². The SMILES string of the molecule is O=C(c1ccccc1)N1CCC(C2CCC2)CC1. The van der Waals surface area contributed by atoms with Gasteiger partial charge in [-0.25, -0.2) is 0 Å². The van der Waals surface area contributed by atoms with Crippen molar-refractivity contribution in [2.45, 2.75) is 32.1 Å². The zero-order chi connectivity index (χ0) is 12.4. The molecule has 0 N–H and O–H groups in total. The summed E-state index contributed by atoms with van der Waals surface area (Å²) in [5, 5.41) is 0. The highest BCUT2D eigenvalue weighted by Gasteiger charge is 2.31. The third-order valence-corrected chi connectivity index (χ3v) is 4.66. The van der Waals surface area contributed by atoms with Crippen LogP contribution < -0.4 is 0 Å². The Morgan fingerprint density at radius 3 is 2.11 bits per heavy atom. The van der Waals surface area contributed by atoms with Crippen molar-refractivity contribution in [2.75, 3.05) is 13.1 Å². The predicted molar refractivity (Wildman–Crippen MR) is 72.4 cm³/mol. The number of carbonyl (C=O) groups is 1. The van der Waals surface area contributed by atoms with Crippen LogP contribution in [0.5, 0.6) is 0 Å². The maximum Gasteiger partial charge on any atom is 0.253 e. The van der Waals surface area contributed by atoms with Crippen LogP contribution in [0.15, 0.2) is 30.3 Å². The van der Waals surface area contributed by atoms with E-state index < -0.39 is 0 Å². The molecular formula is C16H21NO. The summed E-state index contributed by atoms with van der Waals surface area (Å²) in [6.07, 6.45) is 6.70. The molecule has 1 aliphatic carbocycles. The molecule has 1 aliphatic heterocycles. The maximum atomic E-state index is 12.3. The van der Waals surface area contributed by atoms with Crippen molar-refractivity contribution in [2.24, 2.45) is 11.8 Å². The molecule has 2 heteroatoms. The molecule has 0 unspecified atom stereocenters. The third-order valence-electron chi connectivity index (χ3n) is 4.66. The van der Waals surface area contributed by atoms with Gasteiger partial charge in [0.05, 0.1) is 0 Å². The lowest BCUT2D eigenvalue weighted by Crippen LogP contribution is -2.41. The standard InChI is InChI=1S/C16H21NO/c18-16(15-5-2-1-3-6-15)17-11-9-14(10-12-17)13-7-4-8-13/h1-3,5-6,13-14H,4,7-12H2. The summed E-state index contributed by atoms with van der Waals surface area (Å²) in [5.41, 5.74) is 0.833. The van der Waals surface area contributed by atoms with Crippen molar-refractivity contribution in [1.29, 1.82) is 0 Å². The summed E-state index contributed by atoms with van der Waals surface area (Å²) < 4.78 is 0. The van der Waals surface area contributed by atoms with Gasteiger partial charge in [-0.1, -0.05) is 37.5 Å². The maximum absolute atomic E-state index is 12.3. The first-order valence-electron chi connectivity index (χ1n) is 7.19. The van der Waals surface area contributed by atoms with Crippen LogP contribution in [-0.2, 0) is 0 Å². The minimum absolute atomic E-state index is 0.211. The smallest absolute Gasteiger partial charge is 0.253 e. The average molecular weight is 243 g/mol. The van der Waals surface area contributed by atoms with Crippen LogP contribution in [0.25, 0.3) is 0 Å². The first-order chi connectivity index (χ1) is 8.84. The van der Waals surface area contributed by atoms with E-state index in [1.165, 1.54) is 32.1 Å². The molecule has 3 rings (SSSR count). The lowest BCUT2D eigenvalue weighted by Gasteiger charge is -2.39. The van der Waals surface area contributed by atoms with E-state index in [0.717, 1.165) is 30.5 Å². The molecule has 18 heavy (non-hydrogen) atoms. The first-order valence-corrected chi connectivity index (χ1v) is 7.19. The van der Waals surface area contributed by atoms with E-state index in [2.05, 4.69) is 0 Å². The number of carbonyl (C=O) groups excluding carboxylic acids is 1. The number of hydrogen-bond donors (Lipinski definition) is 0. The first kappa shape index (κ1) is 11.8. The van der Waals surface area contributed by atoms with Crippen LogP contribution in [0.4, 0.5) is 0 Å². The van der Waals surface area contributed by atoms with Crippen molar-refractivity contribution in [3.63, 3.8) is 0 Å². The monoisotopic (exact) mass is 243 g/mol. The molecule has 1 amide bonds. The van der Waals surface area contributed by atoms with E-state index in [0.29, 0.717) is 0 Å². The molecule has 0 spiro atoms. The van der Waals surface area contributed by atoms with Crippen LogP contribution in [0.2, 0.25) is 0 Å². The van der Waals surface area contributed by atoms with Gasteiger partial charge in [-0.2, -0.15) is 0 Å². The number of hydrogen-bond acceptors (Lipinski definition) is 1. The van der Waals surface area contributed by atoms with E-state index in [4.69, 9.17) is 0 Å². The second-order valence-electron chi connectivity index (χ2n) is 5.69. The zero-order valence-electron chi connectivity index (χ0n) is 10.8. The number of nitrogens with zero attached hydrogens (tertiary/aromatic N) is 1. The Kier molecular flexibility index (Phi) is 3.35. The van der Waals surface area contributed by atoms with Gasteiger partial charge in [0.25, 0.3) is 5.91 Å². The van der Waals surface area contributed by atoms with Gasteiger partial charge in [-0.3, -0.25) is 4.79 Å². The van der Waals surface area contributed by atoms with Crippen LogP contribution in [0, 0.1) is 11.8 Å². The number of benzene rings is 1. The Bertz CT molecular complexity index is 402. The number of piperidine rings is 1. The topological polar surface area (TPSA) is 20.3 Å². The van der Waals surface area contributed by atoms with Crippen LogP contribution in [0.3, 0.4) is 0 Å². The highest BCUT2D eigenvalue weighted by Crippen LogP contribution is 2.38. The summed E-state index contributed by atoms with van der Waals surface area (Å²) in [7, 11) is 0. The van der Waals surface area contributed by atoms with Gasteiger partial charge in [0, 0.05) is 18.7 Å². The molecule has 0 bridgehead atoms. The second-order valence-corrected chi connectivity index (χ2v) is 5.69. The van der Waals surface area contributed by atoms with Gasteiger partial charge < -0.3 is 4.90 Å². The number of rotatable bonds is 2. The van der Waals surface area contributed by atoms with E-state index in [-0.39, 0.29) is 5.91 Å². The Balaban J connectivity index is 1.57. The molecule has 2 aliphatic rings.